The average molecular weight is 429 g/mol. The van der Waals surface area contributed by atoms with E-state index in [9.17, 15) is 5.26 Å². The number of benzene rings is 1. The fourth-order valence-electron chi connectivity index (χ4n) is 3.81. The minimum Gasteiger partial charge on any atom is -0.370 e. The molecule has 0 unspecified atom stereocenters. The van der Waals surface area contributed by atoms with Gasteiger partial charge in [-0.15, -0.1) is 0 Å². The van der Waals surface area contributed by atoms with Crippen LogP contribution in [0.4, 0.5) is 5.82 Å². The Labute approximate surface area is 183 Å². The summed E-state index contributed by atoms with van der Waals surface area (Å²) >= 11 is 5.36. The molecule has 0 spiro atoms. The van der Waals surface area contributed by atoms with Crippen LogP contribution in [0.2, 0.25) is 0 Å². The fourth-order valence-corrected chi connectivity index (χ4v) is 4.01. The largest absolute Gasteiger partial charge is 0.370 e. The Bertz CT molecular complexity index is 920. The molecule has 0 aliphatic carbocycles. The zero-order valence-electron chi connectivity index (χ0n) is 17.9. The molecule has 2 heterocycles. The van der Waals surface area contributed by atoms with Crippen molar-refractivity contribution in [2.75, 3.05) is 57.8 Å². The highest BCUT2D eigenvalue weighted by Crippen LogP contribution is 2.20. The highest BCUT2D eigenvalue weighted by molar-refractivity contribution is 7.80. The number of nitrogens with zero attached hydrogens (tertiary/aromatic N) is 1. The predicted molar refractivity (Wildman–Crippen MR) is 123 cm³/mol. The SMILES string of the molecule is Cc1cc(C)c2[nH+]c(NCCNC(=S)NCCC[NH+]3CCOCC3)c(C#N)cc2c1. The molecule has 0 saturated carbocycles. The van der Waals surface area contributed by atoms with Gasteiger partial charge in [0.1, 0.15) is 36.8 Å². The molecule has 1 aromatic heterocycles. The molecule has 8 heteroatoms. The molecular formula is C22H32N6OS+2. The number of aryl methyl sites for hydroxylation is 2. The first-order valence-corrected chi connectivity index (χ1v) is 11.0. The van der Waals surface area contributed by atoms with Crippen molar-refractivity contribution in [1.82, 2.24) is 10.6 Å². The molecule has 30 heavy (non-hydrogen) atoms. The number of anilines is 1. The molecule has 0 atom stereocenters. The van der Waals surface area contributed by atoms with Crippen LogP contribution >= 0.6 is 12.2 Å². The van der Waals surface area contributed by atoms with Gasteiger partial charge in [-0.2, -0.15) is 5.26 Å². The van der Waals surface area contributed by atoms with Gasteiger partial charge in [-0.05, 0) is 49.3 Å². The zero-order chi connectivity index (χ0) is 21.3. The van der Waals surface area contributed by atoms with Crippen LogP contribution in [-0.4, -0.2) is 57.6 Å². The van der Waals surface area contributed by atoms with Crippen molar-refractivity contribution < 1.29 is 14.6 Å². The number of rotatable bonds is 8. The van der Waals surface area contributed by atoms with Crippen LogP contribution in [0.1, 0.15) is 23.1 Å². The molecule has 3 rings (SSSR count). The van der Waals surface area contributed by atoms with E-state index in [1.807, 2.05) is 6.07 Å². The highest BCUT2D eigenvalue weighted by atomic mass is 32.1. The number of aromatic amines is 1. The Morgan fingerprint density at radius 1 is 1.17 bits per heavy atom. The number of thiocarbonyl (C=S) groups is 1. The van der Waals surface area contributed by atoms with Gasteiger partial charge in [-0.1, -0.05) is 6.07 Å². The third-order valence-corrected chi connectivity index (χ3v) is 5.64. The van der Waals surface area contributed by atoms with Crippen LogP contribution < -0.4 is 25.8 Å². The summed E-state index contributed by atoms with van der Waals surface area (Å²) < 4.78 is 5.38. The van der Waals surface area contributed by atoms with Crippen molar-refractivity contribution in [1.29, 1.82) is 5.26 Å². The minimum atomic E-state index is 0.610. The van der Waals surface area contributed by atoms with Crippen LogP contribution in [0.25, 0.3) is 10.9 Å². The number of aromatic nitrogens is 1. The summed E-state index contributed by atoms with van der Waals surface area (Å²) in [4.78, 5) is 4.99. The molecule has 0 radical (unpaired) electrons. The van der Waals surface area contributed by atoms with Gasteiger partial charge in [-0.25, -0.2) is 4.98 Å². The van der Waals surface area contributed by atoms with E-state index in [0.29, 0.717) is 23.8 Å². The Kier molecular flexibility index (Phi) is 8.20. The normalized spacial score (nSPS) is 14.3. The number of quaternary nitrogens is 1. The second-order valence-corrected chi connectivity index (χ2v) is 8.20. The lowest BCUT2D eigenvalue weighted by atomic mass is 10.1. The van der Waals surface area contributed by atoms with Crippen molar-refractivity contribution in [3.05, 3.63) is 34.9 Å². The second-order valence-electron chi connectivity index (χ2n) is 7.79. The first-order valence-electron chi connectivity index (χ1n) is 10.6. The maximum absolute atomic E-state index is 9.51. The zero-order valence-corrected chi connectivity index (χ0v) is 18.7. The standard InChI is InChI=1S/C22H30N6OS/c1-16-12-17(2)20-18(13-16)14-19(15-23)21(27-20)24-5-6-26-22(30)25-4-3-7-28-8-10-29-11-9-28/h12-14H,3-11H2,1-2H3,(H,24,27)(H2,25,26,30)/p+2. The number of nitriles is 1. The molecule has 2 aromatic rings. The number of pyridine rings is 1. The number of hydrogen-bond acceptors (Lipinski definition) is 4. The summed E-state index contributed by atoms with van der Waals surface area (Å²) in [6, 6.07) is 8.44. The quantitative estimate of drug-likeness (QED) is 0.358. The van der Waals surface area contributed by atoms with Crippen LogP contribution in [0.15, 0.2) is 18.2 Å². The monoisotopic (exact) mass is 428 g/mol. The molecule has 1 saturated heterocycles. The van der Waals surface area contributed by atoms with Gasteiger partial charge < -0.3 is 20.3 Å². The van der Waals surface area contributed by atoms with E-state index in [4.69, 9.17) is 17.0 Å². The van der Waals surface area contributed by atoms with E-state index in [1.165, 1.54) is 11.1 Å². The van der Waals surface area contributed by atoms with Crippen molar-refractivity contribution >= 4 is 34.1 Å². The molecule has 0 bridgehead atoms. The van der Waals surface area contributed by atoms with Crippen LogP contribution in [-0.2, 0) is 4.74 Å². The first kappa shape index (κ1) is 22.2. The summed E-state index contributed by atoms with van der Waals surface area (Å²) in [5, 5.41) is 21.0. The summed E-state index contributed by atoms with van der Waals surface area (Å²) in [6.07, 6.45) is 1.09. The Morgan fingerprint density at radius 2 is 1.93 bits per heavy atom. The van der Waals surface area contributed by atoms with Crippen molar-refractivity contribution in [3.8, 4) is 6.07 Å². The highest BCUT2D eigenvalue weighted by Gasteiger charge is 2.14. The summed E-state index contributed by atoms with van der Waals surface area (Å²) in [6.45, 7) is 11.4. The smallest absolute Gasteiger partial charge is 0.290 e. The maximum Gasteiger partial charge on any atom is 0.290 e. The van der Waals surface area contributed by atoms with Gasteiger partial charge in [-0.3, -0.25) is 5.32 Å². The van der Waals surface area contributed by atoms with Gasteiger partial charge in [0.15, 0.2) is 5.11 Å². The van der Waals surface area contributed by atoms with Gasteiger partial charge in [0.2, 0.25) is 0 Å². The van der Waals surface area contributed by atoms with Crippen LogP contribution in [0.5, 0.6) is 0 Å². The van der Waals surface area contributed by atoms with Gasteiger partial charge in [0.25, 0.3) is 5.82 Å². The Balaban J connectivity index is 1.41. The summed E-state index contributed by atoms with van der Waals surface area (Å²) in [5.74, 6) is 0.742. The molecule has 5 N–H and O–H groups in total. The van der Waals surface area contributed by atoms with E-state index >= 15 is 0 Å². The van der Waals surface area contributed by atoms with Gasteiger partial charge in [0, 0.05) is 18.4 Å². The molecule has 1 fully saturated rings. The number of ether oxygens (including phenoxy) is 1. The van der Waals surface area contributed by atoms with Gasteiger partial charge >= 0.3 is 0 Å². The van der Waals surface area contributed by atoms with Crippen molar-refractivity contribution in [2.45, 2.75) is 20.3 Å². The predicted octanol–water partition coefficient (Wildman–Crippen LogP) is 0.324. The van der Waals surface area contributed by atoms with Crippen LogP contribution in [0.3, 0.4) is 0 Å². The third kappa shape index (κ3) is 6.26. The Morgan fingerprint density at radius 3 is 2.70 bits per heavy atom. The number of nitrogens with one attached hydrogen (secondary N) is 5. The third-order valence-electron chi connectivity index (χ3n) is 5.35. The van der Waals surface area contributed by atoms with Crippen molar-refractivity contribution in [3.63, 3.8) is 0 Å². The van der Waals surface area contributed by atoms with Crippen molar-refractivity contribution in [2.24, 2.45) is 0 Å². The molecule has 1 aromatic carbocycles. The molecule has 160 valence electrons. The summed E-state index contributed by atoms with van der Waals surface area (Å²) in [7, 11) is 0. The lowest BCUT2D eigenvalue weighted by molar-refractivity contribution is -0.908. The number of fused-ring (bicyclic) bond motifs is 1. The van der Waals surface area contributed by atoms with E-state index in [-0.39, 0.29) is 0 Å². The van der Waals surface area contributed by atoms with E-state index < -0.39 is 0 Å². The van der Waals surface area contributed by atoms with Crippen LogP contribution in [0, 0.1) is 25.2 Å². The molecule has 0 amide bonds. The molecular weight excluding hydrogens is 396 g/mol. The molecule has 1 aliphatic heterocycles. The van der Waals surface area contributed by atoms with E-state index in [2.05, 4.69) is 53.0 Å². The lowest BCUT2D eigenvalue weighted by Crippen LogP contribution is -3.14. The summed E-state index contributed by atoms with van der Waals surface area (Å²) in [5.41, 5.74) is 4.02. The number of H-pyrrole nitrogens is 1. The first-order chi connectivity index (χ1) is 14.6. The average Bonchev–Trinajstić information content (AvgIpc) is 2.74. The van der Waals surface area contributed by atoms with Gasteiger partial charge in [0.05, 0.1) is 26.3 Å². The number of morpholine rings is 1. The topological polar surface area (TPSA) is 87.7 Å². The fraction of sp³-hybridized carbons (Fsp3) is 0.500. The van der Waals surface area contributed by atoms with E-state index in [1.54, 1.807) is 4.90 Å². The molecule has 7 nitrogen and oxygen atoms in total. The lowest BCUT2D eigenvalue weighted by Gasteiger charge is -2.23. The second kappa shape index (κ2) is 11.1. The van der Waals surface area contributed by atoms with E-state index in [0.717, 1.165) is 62.5 Å². The maximum atomic E-state index is 9.51. The molecule has 1 aliphatic rings. The number of hydrogen-bond donors (Lipinski definition) is 4. The minimum absolute atomic E-state index is 0.610. The Hall–Kier alpha value is -2.47.